The Morgan fingerprint density at radius 1 is 1.43 bits per heavy atom. The Morgan fingerprint density at radius 2 is 2.14 bits per heavy atom. The van der Waals surface area contributed by atoms with Crippen molar-refractivity contribution in [2.45, 2.75) is 38.5 Å². The molecule has 1 aliphatic heterocycles. The van der Waals surface area contributed by atoms with Crippen molar-refractivity contribution in [1.29, 1.82) is 0 Å². The van der Waals surface area contributed by atoms with Crippen molar-refractivity contribution in [3.8, 4) is 5.75 Å². The van der Waals surface area contributed by atoms with Gasteiger partial charge < -0.3 is 10.1 Å². The minimum Gasteiger partial charge on any atom is -0.495 e. The van der Waals surface area contributed by atoms with Crippen molar-refractivity contribution >= 4 is 9.84 Å². The standard InChI is InChI=1S/C15H24N2O3S/c1-11-12(8-17-10-14(11)20-4)7-16-9-13-5-6-21(18,19)15(13,2)3/h8,10,13,16H,5-7,9H2,1-4H3. The second-order valence-electron chi connectivity index (χ2n) is 6.16. The lowest BCUT2D eigenvalue weighted by atomic mass is 9.93. The van der Waals surface area contributed by atoms with Crippen LogP contribution in [-0.4, -0.2) is 37.6 Å². The Balaban J connectivity index is 1.97. The third-order valence-electron chi connectivity index (χ3n) is 4.72. The van der Waals surface area contributed by atoms with Crippen molar-refractivity contribution in [3.63, 3.8) is 0 Å². The molecule has 0 aromatic carbocycles. The topological polar surface area (TPSA) is 68.3 Å². The van der Waals surface area contributed by atoms with Crippen LogP contribution in [0, 0.1) is 12.8 Å². The normalized spacial score (nSPS) is 23.1. The summed E-state index contributed by atoms with van der Waals surface area (Å²) in [5.74, 6) is 1.23. The smallest absolute Gasteiger partial charge is 0.155 e. The van der Waals surface area contributed by atoms with Crippen molar-refractivity contribution in [2.24, 2.45) is 5.92 Å². The third-order valence-corrected chi connectivity index (χ3v) is 7.43. The van der Waals surface area contributed by atoms with E-state index in [-0.39, 0.29) is 5.92 Å². The summed E-state index contributed by atoms with van der Waals surface area (Å²) in [6.07, 6.45) is 4.25. The van der Waals surface area contributed by atoms with Gasteiger partial charge in [0.05, 0.1) is 23.8 Å². The molecule has 1 fully saturated rings. The zero-order valence-electron chi connectivity index (χ0n) is 13.1. The molecule has 1 saturated heterocycles. The molecule has 1 aromatic heterocycles. The van der Waals surface area contributed by atoms with E-state index in [4.69, 9.17) is 4.74 Å². The van der Waals surface area contributed by atoms with Gasteiger partial charge >= 0.3 is 0 Å². The molecule has 1 unspecified atom stereocenters. The van der Waals surface area contributed by atoms with E-state index < -0.39 is 14.6 Å². The highest BCUT2D eigenvalue weighted by Gasteiger charge is 2.46. The highest BCUT2D eigenvalue weighted by molar-refractivity contribution is 7.93. The van der Waals surface area contributed by atoms with Crippen LogP contribution in [0.15, 0.2) is 12.4 Å². The van der Waals surface area contributed by atoms with E-state index >= 15 is 0 Å². The molecule has 1 aliphatic rings. The van der Waals surface area contributed by atoms with E-state index in [1.54, 1.807) is 13.3 Å². The molecule has 5 nitrogen and oxygen atoms in total. The monoisotopic (exact) mass is 312 g/mol. The molecule has 0 bridgehead atoms. The van der Waals surface area contributed by atoms with Crippen LogP contribution in [0.4, 0.5) is 0 Å². The summed E-state index contributed by atoms with van der Waals surface area (Å²) in [4.78, 5) is 4.16. The average molecular weight is 312 g/mol. The van der Waals surface area contributed by atoms with Gasteiger partial charge in [-0.05, 0) is 50.8 Å². The molecule has 1 atom stereocenters. The van der Waals surface area contributed by atoms with Crippen LogP contribution >= 0.6 is 0 Å². The maximum Gasteiger partial charge on any atom is 0.155 e. The van der Waals surface area contributed by atoms with E-state index in [1.165, 1.54) is 0 Å². The van der Waals surface area contributed by atoms with Gasteiger partial charge in [-0.1, -0.05) is 0 Å². The highest BCUT2D eigenvalue weighted by atomic mass is 32.2. The lowest BCUT2D eigenvalue weighted by Gasteiger charge is -2.26. The minimum absolute atomic E-state index is 0.154. The largest absolute Gasteiger partial charge is 0.495 e. The number of hydrogen-bond acceptors (Lipinski definition) is 5. The number of hydrogen-bond donors (Lipinski definition) is 1. The summed E-state index contributed by atoms with van der Waals surface area (Å²) in [5, 5.41) is 3.37. The van der Waals surface area contributed by atoms with Crippen LogP contribution in [-0.2, 0) is 16.4 Å². The van der Waals surface area contributed by atoms with Gasteiger partial charge in [0.15, 0.2) is 9.84 Å². The number of nitrogens with zero attached hydrogens (tertiary/aromatic N) is 1. The molecule has 2 heterocycles. The molecule has 21 heavy (non-hydrogen) atoms. The fraction of sp³-hybridized carbons (Fsp3) is 0.667. The molecule has 0 radical (unpaired) electrons. The number of ether oxygens (including phenoxy) is 1. The Morgan fingerprint density at radius 3 is 2.71 bits per heavy atom. The van der Waals surface area contributed by atoms with Crippen LogP contribution in [0.1, 0.15) is 31.4 Å². The first-order valence-electron chi connectivity index (χ1n) is 7.20. The Labute approximate surface area is 127 Å². The summed E-state index contributed by atoms with van der Waals surface area (Å²) in [7, 11) is -1.33. The maximum absolute atomic E-state index is 12.0. The molecule has 2 rings (SSSR count). The zero-order chi connectivity index (χ0) is 15.7. The van der Waals surface area contributed by atoms with Gasteiger partial charge in [0, 0.05) is 12.7 Å². The van der Waals surface area contributed by atoms with Crippen LogP contribution < -0.4 is 10.1 Å². The second-order valence-corrected chi connectivity index (χ2v) is 8.85. The first kappa shape index (κ1) is 16.2. The van der Waals surface area contributed by atoms with Gasteiger partial charge in [0.1, 0.15) is 5.75 Å². The molecule has 0 saturated carbocycles. The number of pyridine rings is 1. The van der Waals surface area contributed by atoms with Gasteiger partial charge in [-0.25, -0.2) is 8.42 Å². The van der Waals surface area contributed by atoms with Gasteiger partial charge in [0.2, 0.25) is 0 Å². The van der Waals surface area contributed by atoms with Crippen molar-refractivity contribution in [1.82, 2.24) is 10.3 Å². The summed E-state index contributed by atoms with van der Waals surface area (Å²) >= 11 is 0. The summed E-state index contributed by atoms with van der Waals surface area (Å²) in [6.45, 7) is 7.03. The minimum atomic E-state index is -2.96. The lowest BCUT2D eigenvalue weighted by Crippen LogP contribution is -2.38. The fourth-order valence-electron chi connectivity index (χ4n) is 2.82. The number of methoxy groups -OCH3 is 1. The number of aromatic nitrogens is 1. The summed E-state index contributed by atoms with van der Waals surface area (Å²) in [5.41, 5.74) is 2.14. The van der Waals surface area contributed by atoms with E-state index in [9.17, 15) is 8.42 Å². The summed E-state index contributed by atoms with van der Waals surface area (Å²) < 4.78 is 28.6. The van der Waals surface area contributed by atoms with Gasteiger partial charge in [-0.15, -0.1) is 0 Å². The lowest BCUT2D eigenvalue weighted by molar-refractivity contribution is 0.392. The number of nitrogens with one attached hydrogen (secondary N) is 1. The van der Waals surface area contributed by atoms with E-state index in [1.807, 2.05) is 27.0 Å². The molecule has 118 valence electrons. The average Bonchev–Trinajstić information content (AvgIpc) is 2.62. The van der Waals surface area contributed by atoms with Crippen molar-refractivity contribution < 1.29 is 13.2 Å². The molecule has 6 heteroatoms. The number of sulfone groups is 1. The third kappa shape index (κ3) is 3.06. The molecule has 1 N–H and O–H groups in total. The zero-order valence-corrected chi connectivity index (χ0v) is 14.0. The van der Waals surface area contributed by atoms with Crippen LogP contribution in [0.2, 0.25) is 0 Å². The molecule has 0 aliphatic carbocycles. The van der Waals surface area contributed by atoms with Crippen molar-refractivity contribution in [2.75, 3.05) is 19.4 Å². The van der Waals surface area contributed by atoms with E-state index in [0.717, 1.165) is 23.3 Å². The Kier molecular flexibility index (Phi) is 4.58. The molecule has 0 spiro atoms. The maximum atomic E-state index is 12.0. The molecular weight excluding hydrogens is 288 g/mol. The van der Waals surface area contributed by atoms with Crippen LogP contribution in [0.5, 0.6) is 5.75 Å². The Bertz CT molecular complexity index is 611. The first-order chi connectivity index (χ1) is 9.79. The van der Waals surface area contributed by atoms with Gasteiger partial charge in [0.25, 0.3) is 0 Å². The SMILES string of the molecule is COc1cncc(CNCC2CCS(=O)(=O)C2(C)C)c1C. The van der Waals surface area contributed by atoms with Gasteiger partial charge in [-0.3, -0.25) is 4.98 Å². The first-order valence-corrected chi connectivity index (χ1v) is 8.85. The molecular formula is C15H24N2O3S. The predicted octanol–water partition coefficient (Wildman–Crippen LogP) is 1.70. The summed E-state index contributed by atoms with van der Waals surface area (Å²) in [6, 6.07) is 0. The Hall–Kier alpha value is -1.14. The highest BCUT2D eigenvalue weighted by Crippen LogP contribution is 2.36. The molecule has 1 aromatic rings. The second kappa shape index (κ2) is 5.93. The van der Waals surface area contributed by atoms with E-state index in [2.05, 4.69) is 10.3 Å². The van der Waals surface area contributed by atoms with Crippen LogP contribution in [0.25, 0.3) is 0 Å². The fourth-order valence-corrected chi connectivity index (χ4v) is 4.65. The quantitative estimate of drug-likeness (QED) is 0.896. The number of rotatable bonds is 5. The predicted molar refractivity (Wildman–Crippen MR) is 83.2 cm³/mol. The van der Waals surface area contributed by atoms with Crippen LogP contribution in [0.3, 0.4) is 0 Å². The van der Waals surface area contributed by atoms with Crippen molar-refractivity contribution in [3.05, 3.63) is 23.5 Å². The van der Waals surface area contributed by atoms with E-state index in [0.29, 0.717) is 18.8 Å². The van der Waals surface area contributed by atoms with Gasteiger partial charge in [-0.2, -0.15) is 0 Å². The molecule has 0 amide bonds.